The van der Waals surface area contributed by atoms with Crippen LogP contribution in [-0.2, 0) is 16.4 Å². The highest BCUT2D eigenvalue weighted by Gasteiger charge is 2.13. The van der Waals surface area contributed by atoms with Gasteiger partial charge in [-0.25, -0.2) is 13.1 Å². The van der Waals surface area contributed by atoms with Gasteiger partial charge in [0, 0.05) is 16.6 Å². The van der Waals surface area contributed by atoms with E-state index in [1.54, 1.807) is 30.3 Å². The van der Waals surface area contributed by atoms with E-state index in [0.29, 0.717) is 28.8 Å². The predicted molar refractivity (Wildman–Crippen MR) is 93.0 cm³/mol. The Kier molecular flexibility index (Phi) is 6.30. The Balaban J connectivity index is 1.98. The third-order valence-corrected chi connectivity index (χ3v) is 5.21. The lowest BCUT2D eigenvalue weighted by Crippen LogP contribution is -2.26. The van der Waals surface area contributed by atoms with E-state index in [1.165, 1.54) is 12.1 Å². The van der Waals surface area contributed by atoms with Gasteiger partial charge in [-0.2, -0.15) is 0 Å². The number of sulfonamides is 1. The number of rotatable bonds is 7. The van der Waals surface area contributed by atoms with Gasteiger partial charge >= 0.3 is 0 Å². The summed E-state index contributed by atoms with van der Waals surface area (Å²) in [6.45, 7) is 2.65. The van der Waals surface area contributed by atoms with E-state index >= 15 is 0 Å². The molecule has 7 heteroatoms. The topological polar surface area (TPSA) is 55.4 Å². The molecule has 0 amide bonds. The molecule has 0 heterocycles. The van der Waals surface area contributed by atoms with Crippen LogP contribution in [-0.4, -0.2) is 21.6 Å². The second kappa shape index (κ2) is 8.02. The molecular weight excluding hydrogens is 357 g/mol. The lowest BCUT2D eigenvalue weighted by molar-refractivity contribution is 0.340. The van der Waals surface area contributed by atoms with Crippen molar-refractivity contribution in [2.75, 3.05) is 13.2 Å². The van der Waals surface area contributed by atoms with Crippen molar-refractivity contribution in [2.45, 2.75) is 18.2 Å². The molecule has 0 saturated carbocycles. The van der Waals surface area contributed by atoms with Crippen LogP contribution in [0.4, 0.5) is 0 Å². The van der Waals surface area contributed by atoms with Crippen LogP contribution in [0.1, 0.15) is 12.5 Å². The van der Waals surface area contributed by atoms with Gasteiger partial charge in [0.15, 0.2) is 0 Å². The molecule has 4 nitrogen and oxygen atoms in total. The van der Waals surface area contributed by atoms with Gasteiger partial charge < -0.3 is 4.74 Å². The highest BCUT2D eigenvalue weighted by molar-refractivity contribution is 7.89. The maximum absolute atomic E-state index is 12.2. The first-order valence-corrected chi connectivity index (χ1v) is 9.33. The molecule has 2 aromatic carbocycles. The molecule has 0 atom stereocenters. The Morgan fingerprint density at radius 2 is 1.78 bits per heavy atom. The number of nitrogens with one attached hydrogen (secondary N) is 1. The Morgan fingerprint density at radius 3 is 2.39 bits per heavy atom. The van der Waals surface area contributed by atoms with Crippen LogP contribution in [0.2, 0.25) is 10.0 Å². The van der Waals surface area contributed by atoms with E-state index < -0.39 is 10.0 Å². The van der Waals surface area contributed by atoms with Crippen LogP contribution in [0.3, 0.4) is 0 Å². The summed E-state index contributed by atoms with van der Waals surface area (Å²) >= 11 is 11.9. The van der Waals surface area contributed by atoms with Gasteiger partial charge in [-0.05, 0) is 55.3 Å². The average Bonchev–Trinajstić information content (AvgIpc) is 2.50. The summed E-state index contributed by atoms with van der Waals surface area (Å²) in [6, 6.07) is 11.5. The summed E-state index contributed by atoms with van der Waals surface area (Å²) in [4.78, 5) is 0.197. The minimum atomic E-state index is -3.56. The molecular formula is C16H17Cl2NO3S. The quantitative estimate of drug-likeness (QED) is 0.800. The Hall–Kier alpha value is -1.27. The number of halogens is 2. The molecule has 0 saturated heterocycles. The molecule has 0 unspecified atom stereocenters. The minimum absolute atomic E-state index is 0.197. The molecule has 0 aliphatic carbocycles. The molecule has 124 valence electrons. The van der Waals surface area contributed by atoms with Crippen LogP contribution >= 0.6 is 23.2 Å². The van der Waals surface area contributed by atoms with Gasteiger partial charge in [-0.3, -0.25) is 0 Å². The molecule has 0 radical (unpaired) electrons. The fraction of sp³-hybridized carbons (Fsp3) is 0.250. The van der Waals surface area contributed by atoms with Gasteiger partial charge in [-0.15, -0.1) is 0 Å². The summed E-state index contributed by atoms with van der Waals surface area (Å²) < 4.78 is 32.3. The van der Waals surface area contributed by atoms with Crippen molar-refractivity contribution in [3.63, 3.8) is 0 Å². The van der Waals surface area contributed by atoms with Crippen molar-refractivity contribution < 1.29 is 13.2 Å². The first kappa shape index (κ1) is 18.1. The number of ether oxygens (including phenoxy) is 1. The number of benzene rings is 2. The van der Waals surface area contributed by atoms with Crippen LogP contribution in [0.25, 0.3) is 0 Å². The Morgan fingerprint density at radius 1 is 1.09 bits per heavy atom. The summed E-state index contributed by atoms with van der Waals surface area (Å²) in [5.41, 5.74) is 0.838. The molecule has 0 aliphatic heterocycles. The fourth-order valence-electron chi connectivity index (χ4n) is 2.01. The van der Waals surface area contributed by atoms with Gasteiger partial charge in [0.2, 0.25) is 10.0 Å². The Labute approximate surface area is 146 Å². The minimum Gasteiger partial charge on any atom is -0.494 e. The van der Waals surface area contributed by atoms with Crippen molar-refractivity contribution in [1.82, 2.24) is 4.72 Å². The summed E-state index contributed by atoms with van der Waals surface area (Å²) in [6.07, 6.45) is 0.478. The zero-order valence-corrected chi connectivity index (χ0v) is 14.9. The van der Waals surface area contributed by atoms with Crippen molar-refractivity contribution in [3.05, 3.63) is 58.1 Å². The van der Waals surface area contributed by atoms with Crippen molar-refractivity contribution in [1.29, 1.82) is 0 Å². The van der Waals surface area contributed by atoms with Gasteiger partial charge in [0.05, 0.1) is 11.5 Å². The molecule has 23 heavy (non-hydrogen) atoms. The Bertz CT molecular complexity index is 761. The lowest BCUT2D eigenvalue weighted by Gasteiger charge is -2.09. The van der Waals surface area contributed by atoms with E-state index in [-0.39, 0.29) is 11.4 Å². The van der Waals surface area contributed by atoms with Crippen LogP contribution < -0.4 is 9.46 Å². The lowest BCUT2D eigenvalue weighted by atomic mass is 10.1. The van der Waals surface area contributed by atoms with Crippen LogP contribution in [0, 0.1) is 0 Å². The zero-order valence-electron chi connectivity index (χ0n) is 12.6. The maximum atomic E-state index is 12.2. The highest BCUT2D eigenvalue weighted by Crippen LogP contribution is 2.21. The van der Waals surface area contributed by atoms with E-state index in [9.17, 15) is 8.42 Å². The zero-order chi connectivity index (χ0) is 16.9. The largest absolute Gasteiger partial charge is 0.494 e. The van der Waals surface area contributed by atoms with Gasteiger partial charge in [0.25, 0.3) is 0 Å². The first-order valence-electron chi connectivity index (χ1n) is 7.09. The maximum Gasteiger partial charge on any atom is 0.240 e. The number of hydrogen-bond acceptors (Lipinski definition) is 3. The monoisotopic (exact) mass is 373 g/mol. The third-order valence-electron chi connectivity index (χ3n) is 3.15. The SMILES string of the molecule is CCOc1ccc(S(=O)(=O)NCCc2ccc(Cl)cc2Cl)cc1. The van der Waals surface area contributed by atoms with Crippen molar-refractivity contribution in [3.8, 4) is 5.75 Å². The summed E-state index contributed by atoms with van der Waals surface area (Å²) in [5.74, 6) is 0.638. The molecule has 0 fully saturated rings. The standard InChI is InChI=1S/C16H17Cl2NO3S/c1-2-22-14-5-7-15(8-6-14)23(20,21)19-10-9-12-3-4-13(17)11-16(12)18/h3-8,11,19H,2,9-10H2,1H3. The second-order valence-corrected chi connectivity index (χ2v) is 7.40. The van der Waals surface area contributed by atoms with E-state index in [2.05, 4.69) is 4.72 Å². The summed E-state index contributed by atoms with van der Waals surface area (Å²) in [7, 11) is -3.56. The third kappa shape index (κ3) is 5.11. The first-order chi connectivity index (χ1) is 10.9. The van der Waals surface area contributed by atoms with E-state index in [0.717, 1.165) is 5.56 Å². The molecule has 0 spiro atoms. The molecule has 0 aromatic heterocycles. The number of hydrogen-bond donors (Lipinski definition) is 1. The van der Waals surface area contributed by atoms with Gasteiger partial charge in [0.1, 0.15) is 5.75 Å². The normalized spacial score (nSPS) is 11.4. The molecule has 0 aliphatic rings. The molecule has 2 aromatic rings. The van der Waals surface area contributed by atoms with Crippen molar-refractivity contribution in [2.24, 2.45) is 0 Å². The molecule has 2 rings (SSSR count). The smallest absolute Gasteiger partial charge is 0.240 e. The average molecular weight is 374 g/mol. The van der Waals surface area contributed by atoms with Crippen LogP contribution in [0.5, 0.6) is 5.75 Å². The summed E-state index contributed by atoms with van der Waals surface area (Å²) in [5, 5.41) is 1.08. The van der Waals surface area contributed by atoms with E-state index in [1.807, 2.05) is 6.92 Å². The van der Waals surface area contributed by atoms with Crippen molar-refractivity contribution >= 4 is 33.2 Å². The van der Waals surface area contributed by atoms with E-state index in [4.69, 9.17) is 27.9 Å². The fourth-order valence-corrected chi connectivity index (χ4v) is 3.54. The second-order valence-electron chi connectivity index (χ2n) is 4.79. The predicted octanol–water partition coefficient (Wildman–Crippen LogP) is 3.91. The van der Waals surface area contributed by atoms with Gasteiger partial charge in [-0.1, -0.05) is 29.3 Å². The molecule has 1 N–H and O–H groups in total. The highest BCUT2D eigenvalue weighted by atomic mass is 35.5. The van der Waals surface area contributed by atoms with Crippen LogP contribution in [0.15, 0.2) is 47.4 Å². The molecule has 0 bridgehead atoms.